The average molecular weight is 380 g/mol. The third kappa shape index (κ3) is 4.32. The Labute approximate surface area is 166 Å². The topological polar surface area (TPSA) is 71.0 Å². The molecular formula is C22H29N5O. The number of ketones is 1. The lowest BCUT2D eigenvalue weighted by atomic mass is 9.92. The molecule has 2 aliphatic rings. The maximum atomic E-state index is 11.8. The number of aryl methyl sites for hydroxylation is 2. The largest absolute Gasteiger partial charge is 0.370 e. The Morgan fingerprint density at radius 1 is 1.11 bits per heavy atom. The average Bonchev–Trinajstić information content (AvgIpc) is 3.12. The molecule has 6 heteroatoms. The number of Topliss-reactive ketones (excluding diaryl/α,β-unsaturated/α-hetero) is 1. The molecule has 28 heavy (non-hydrogen) atoms. The van der Waals surface area contributed by atoms with Gasteiger partial charge in [0.1, 0.15) is 5.82 Å². The fourth-order valence-electron chi connectivity index (χ4n) is 4.14. The summed E-state index contributed by atoms with van der Waals surface area (Å²) < 4.78 is 0. The van der Waals surface area contributed by atoms with Gasteiger partial charge in [0.2, 0.25) is 5.95 Å². The van der Waals surface area contributed by atoms with Crippen LogP contribution in [0.1, 0.15) is 60.5 Å². The third-order valence-corrected chi connectivity index (χ3v) is 6.00. The number of piperidine rings is 1. The lowest BCUT2D eigenvalue weighted by Crippen LogP contribution is -2.35. The Kier molecular flexibility index (Phi) is 5.84. The number of pyridine rings is 1. The molecule has 4 rings (SSSR count). The molecule has 2 aromatic rings. The molecule has 3 heterocycles. The summed E-state index contributed by atoms with van der Waals surface area (Å²) >= 11 is 0. The SMILES string of the molecule is CCc1cnc(N2CCC(CCCNc3cc4c(cn3)CCC4=O)CC2)nc1. The quantitative estimate of drug-likeness (QED) is 0.740. The molecular weight excluding hydrogens is 350 g/mol. The van der Waals surface area contributed by atoms with E-state index >= 15 is 0 Å². The molecule has 0 amide bonds. The van der Waals surface area contributed by atoms with Crippen LogP contribution in [0.15, 0.2) is 24.7 Å². The van der Waals surface area contributed by atoms with Gasteiger partial charge in [-0.15, -0.1) is 0 Å². The predicted octanol–water partition coefficient (Wildman–Crippen LogP) is 3.67. The van der Waals surface area contributed by atoms with Crippen LogP contribution in [0.2, 0.25) is 0 Å². The summed E-state index contributed by atoms with van der Waals surface area (Å²) in [6, 6.07) is 1.92. The van der Waals surface area contributed by atoms with Crippen LogP contribution in [0.25, 0.3) is 0 Å². The molecule has 0 spiro atoms. The van der Waals surface area contributed by atoms with Crippen molar-refractivity contribution in [2.45, 2.75) is 51.9 Å². The first-order valence-electron chi connectivity index (χ1n) is 10.5. The zero-order chi connectivity index (χ0) is 19.3. The summed E-state index contributed by atoms with van der Waals surface area (Å²) in [6.07, 6.45) is 12.9. The maximum absolute atomic E-state index is 11.8. The maximum Gasteiger partial charge on any atom is 0.225 e. The highest BCUT2D eigenvalue weighted by atomic mass is 16.1. The number of nitrogens with zero attached hydrogens (tertiary/aromatic N) is 4. The zero-order valence-corrected chi connectivity index (χ0v) is 16.7. The Morgan fingerprint density at radius 2 is 1.89 bits per heavy atom. The summed E-state index contributed by atoms with van der Waals surface area (Å²) in [6.45, 7) is 5.11. The van der Waals surface area contributed by atoms with E-state index in [4.69, 9.17) is 0 Å². The fourth-order valence-corrected chi connectivity index (χ4v) is 4.14. The molecule has 6 nitrogen and oxygen atoms in total. The molecule has 1 saturated heterocycles. The van der Waals surface area contributed by atoms with Crippen molar-refractivity contribution in [1.82, 2.24) is 15.0 Å². The molecule has 1 aliphatic carbocycles. The van der Waals surface area contributed by atoms with Gasteiger partial charge in [-0.1, -0.05) is 6.92 Å². The van der Waals surface area contributed by atoms with Gasteiger partial charge < -0.3 is 10.2 Å². The van der Waals surface area contributed by atoms with Gasteiger partial charge in [-0.2, -0.15) is 0 Å². The van der Waals surface area contributed by atoms with Gasteiger partial charge in [0, 0.05) is 50.2 Å². The van der Waals surface area contributed by atoms with Gasteiger partial charge in [-0.3, -0.25) is 4.79 Å². The molecule has 0 unspecified atom stereocenters. The number of fused-ring (bicyclic) bond motifs is 1. The van der Waals surface area contributed by atoms with Crippen molar-refractivity contribution in [3.05, 3.63) is 41.3 Å². The number of carbonyl (C=O) groups is 1. The second-order valence-electron chi connectivity index (χ2n) is 7.89. The van der Waals surface area contributed by atoms with E-state index in [1.807, 2.05) is 24.7 Å². The predicted molar refractivity (Wildman–Crippen MR) is 111 cm³/mol. The summed E-state index contributed by atoms with van der Waals surface area (Å²) in [5.41, 5.74) is 3.14. The third-order valence-electron chi connectivity index (χ3n) is 6.00. The van der Waals surface area contributed by atoms with Crippen LogP contribution in [0.4, 0.5) is 11.8 Å². The lowest BCUT2D eigenvalue weighted by Gasteiger charge is -2.32. The first kappa shape index (κ1) is 18.8. The van der Waals surface area contributed by atoms with Gasteiger partial charge in [0.25, 0.3) is 0 Å². The van der Waals surface area contributed by atoms with Crippen LogP contribution in [-0.2, 0) is 12.8 Å². The second-order valence-corrected chi connectivity index (χ2v) is 7.89. The van der Waals surface area contributed by atoms with E-state index < -0.39 is 0 Å². The minimum Gasteiger partial charge on any atom is -0.370 e. The number of nitrogens with one attached hydrogen (secondary N) is 1. The van der Waals surface area contributed by atoms with Crippen molar-refractivity contribution in [1.29, 1.82) is 0 Å². The van der Waals surface area contributed by atoms with E-state index in [1.54, 1.807) is 0 Å². The fraction of sp³-hybridized carbons (Fsp3) is 0.545. The minimum atomic E-state index is 0.250. The molecule has 0 radical (unpaired) electrons. The monoisotopic (exact) mass is 379 g/mol. The highest BCUT2D eigenvalue weighted by Crippen LogP contribution is 2.25. The van der Waals surface area contributed by atoms with Crippen LogP contribution in [-0.4, -0.2) is 40.4 Å². The number of anilines is 2. The summed E-state index contributed by atoms with van der Waals surface area (Å²) in [4.78, 5) is 27.6. The molecule has 1 fully saturated rings. The van der Waals surface area contributed by atoms with E-state index in [0.717, 1.165) is 67.7 Å². The summed E-state index contributed by atoms with van der Waals surface area (Å²) in [5.74, 6) is 2.72. The van der Waals surface area contributed by atoms with Gasteiger partial charge in [0.05, 0.1) is 0 Å². The Hall–Kier alpha value is -2.50. The molecule has 0 atom stereocenters. The van der Waals surface area contributed by atoms with E-state index in [0.29, 0.717) is 6.42 Å². The smallest absolute Gasteiger partial charge is 0.225 e. The Bertz CT molecular complexity index is 812. The highest BCUT2D eigenvalue weighted by molar-refractivity contribution is 6.00. The first-order valence-corrected chi connectivity index (χ1v) is 10.5. The van der Waals surface area contributed by atoms with Crippen molar-refractivity contribution in [2.24, 2.45) is 5.92 Å². The van der Waals surface area contributed by atoms with Crippen LogP contribution < -0.4 is 10.2 Å². The van der Waals surface area contributed by atoms with Crippen molar-refractivity contribution >= 4 is 17.5 Å². The van der Waals surface area contributed by atoms with Crippen molar-refractivity contribution in [2.75, 3.05) is 29.9 Å². The molecule has 2 aromatic heterocycles. The normalized spacial score (nSPS) is 17.0. The first-order chi connectivity index (χ1) is 13.7. The number of hydrogen-bond donors (Lipinski definition) is 1. The van der Waals surface area contributed by atoms with E-state index in [-0.39, 0.29) is 5.78 Å². The standard InChI is InChI=1S/C22H29N5O/c1-2-16-13-25-22(26-14-16)27-10-7-17(8-11-27)4-3-9-23-21-12-19-18(15-24-21)5-6-20(19)28/h12-15,17H,2-11H2,1H3,(H,23,24). The number of carbonyl (C=O) groups excluding carboxylic acids is 1. The Morgan fingerprint density at radius 3 is 2.64 bits per heavy atom. The van der Waals surface area contributed by atoms with Gasteiger partial charge in [-0.25, -0.2) is 15.0 Å². The van der Waals surface area contributed by atoms with Crippen LogP contribution in [0.5, 0.6) is 0 Å². The van der Waals surface area contributed by atoms with Gasteiger partial charge in [0.15, 0.2) is 5.78 Å². The molecule has 0 saturated carbocycles. The molecule has 1 aliphatic heterocycles. The molecule has 1 N–H and O–H groups in total. The summed E-state index contributed by atoms with van der Waals surface area (Å²) in [7, 11) is 0. The van der Waals surface area contributed by atoms with Gasteiger partial charge >= 0.3 is 0 Å². The van der Waals surface area contributed by atoms with Crippen molar-refractivity contribution in [3.8, 4) is 0 Å². The number of hydrogen-bond acceptors (Lipinski definition) is 6. The molecule has 0 aromatic carbocycles. The van der Waals surface area contributed by atoms with Gasteiger partial charge in [-0.05, 0) is 61.6 Å². The van der Waals surface area contributed by atoms with E-state index in [1.165, 1.54) is 24.8 Å². The van der Waals surface area contributed by atoms with E-state index in [9.17, 15) is 4.79 Å². The van der Waals surface area contributed by atoms with Crippen molar-refractivity contribution < 1.29 is 4.79 Å². The lowest BCUT2D eigenvalue weighted by molar-refractivity contribution is 0.0994. The van der Waals surface area contributed by atoms with Crippen LogP contribution in [0.3, 0.4) is 0 Å². The second kappa shape index (κ2) is 8.67. The number of aromatic nitrogens is 3. The number of rotatable bonds is 7. The van der Waals surface area contributed by atoms with E-state index in [2.05, 4.69) is 32.1 Å². The van der Waals surface area contributed by atoms with Crippen molar-refractivity contribution in [3.63, 3.8) is 0 Å². The molecule has 0 bridgehead atoms. The highest BCUT2D eigenvalue weighted by Gasteiger charge is 2.21. The van der Waals surface area contributed by atoms with Crippen LogP contribution >= 0.6 is 0 Å². The summed E-state index contributed by atoms with van der Waals surface area (Å²) in [5, 5.41) is 3.39. The Balaban J connectivity index is 1.18. The van der Waals surface area contributed by atoms with Crippen LogP contribution in [0, 0.1) is 5.92 Å². The zero-order valence-electron chi connectivity index (χ0n) is 16.7. The minimum absolute atomic E-state index is 0.250. The molecule has 148 valence electrons.